The van der Waals surface area contributed by atoms with Crippen LogP contribution in [0.15, 0.2) is 24.3 Å². The highest BCUT2D eigenvalue weighted by molar-refractivity contribution is 14.1. The topological polar surface area (TPSA) is 26.3 Å². The lowest BCUT2D eigenvalue weighted by molar-refractivity contribution is -0.140. The molecule has 1 aromatic rings. The molecule has 3 heteroatoms. The first-order valence-electron chi connectivity index (χ1n) is 5.47. The number of hydrogen-bond donors (Lipinski definition) is 0. The standard InChI is InChI=1S/C13H17IO2/c1-16-13(15)9-8-12-6-4-11(5-7-12)3-2-10-14/h4-7H,2-3,8-10H2,1H3. The molecule has 88 valence electrons. The predicted octanol–water partition coefficient (Wildman–Crippen LogP) is 3.16. The predicted molar refractivity (Wildman–Crippen MR) is 74.0 cm³/mol. The minimum atomic E-state index is -0.144. The van der Waals surface area contributed by atoms with Gasteiger partial charge >= 0.3 is 5.97 Å². The van der Waals surface area contributed by atoms with E-state index in [9.17, 15) is 4.79 Å². The van der Waals surface area contributed by atoms with Gasteiger partial charge in [-0.15, -0.1) is 0 Å². The number of rotatable bonds is 6. The van der Waals surface area contributed by atoms with Crippen molar-refractivity contribution in [1.82, 2.24) is 0 Å². The van der Waals surface area contributed by atoms with Crippen LogP contribution in [-0.4, -0.2) is 17.5 Å². The van der Waals surface area contributed by atoms with Gasteiger partial charge in [0.25, 0.3) is 0 Å². The highest BCUT2D eigenvalue weighted by Crippen LogP contribution is 2.09. The number of carbonyl (C=O) groups is 1. The lowest BCUT2D eigenvalue weighted by Gasteiger charge is -2.03. The van der Waals surface area contributed by atoms with Crippen molar-refractivity contribution in [2.24, 2.45) is 0 Å². The molecule has 0 radical (unpaired) electrons. The summed E-state index contributed by atoms with van der Waals surface area (Å²) in [6.45, 7) is 0. The molecule has 0 aliphatic heterocycles. The van der Waals surface area contributed by atoms with E-state index < -0.39 is 0 Å². The molecule has 0 saturated carbocycles. The van der Waals surface area contributed by atoms with Crippen LogP contribution in [0.25, 0.3) is 0 Å². The van der Waals surface area contributed by atoms with E-state index in [1.807, 2.05) is 0 Å². The number of halogens is 1. The Labute approximate surface area is 111 Å². The van der Waals surface area contributed by atoms with Crippen LogP contribution in [-0.2, 0) is 22.4 Å². The summed E-state index contributed by atoms with van der Waals surface area (Å²) in [7, 11) is 1.43. The number of ether oxygens (including phenoxy) is 1. The molecule has 0 N–H and O–H groups in total. The molecule has 1 rings (SSSR count). The Morgan fingerprint density at radius 2 is 1.75 bits per heavy atom. The van der Waals surface area contributed by atoms with Crippen molar-refractivity contribution in [3.05, 3.63) is 35.4 Å². The molecule has 0 atom stereocenters. The smallest absolute Gasteiger partial charge is 0.305 e. The number of aryl methyl sites for hydroxylation is 2. The van der Waals surface area contributed by atoms with Gasteiger partial charge in [-0.1, -0.05) is 46.9 Å². The number of esters is 1. The van der Waals surface area contributed by atoms with Gasteiger partial charge in [0.1, 0.15) is 0 Å². The van der Waals surface area contributed by atoms with Gasteiger partial charge in [-0.3, -0.25) is 4.79 Å². The Morgan fingerprint density at radius 3 is 2.25 bits per heavy atom. The zero-order valence-corrected chi connectivity index (χ0v) is 11.7. The van der Waals surface area contributed by atoms with Crippen molar-refractivity contribution in [2.45, 2.75) is 25.7 Å². The second kappa shape index (κ2) is 7.65. The summed E-state index contributed by atoms with van der Waals surface area (Å²) in [6.07, 6.45) is 3.59. The van der Waals surface area contributed by atoms with Crippen LogP contribution in [0.5, 0.6) is 0 Å². The molecule has 0 spiro atoms. The fourth-order valence-electron chi connectivity index (χ4n) is 1.49. The summed E-state index contributed by atoms with van der Waals surface area (Å²) in [5.74, 6) is -0.144. The molecule has 0 aromatic heterocycles. The Balaban J connectivity index is 2.41. The fourth-order valence-corrected chi connectivity index (χ4v) is 1.87. The van der Waals surface area contributed by atoms with Gasteiger partial charge in [-0.25, -0.2) is 0 Å². The minimum absolute atomic E-state index is 0.144. The second-order valence-corrected chi connectivity index (χ2v) is 4.76. The van der Waals surface area contributed by atoms with E-state index in [-0.39, 0.29) is 5.97 Å². The average molecular weight is 332 g/mol. The second-order valence-electron chi connectivity index (χ2n) is 3.69. The Hall–Kier alpha value is -0.580. The molecular formula is C13H17IO2. The number of alkyl halides is 1. The molecule has 0 amide bonds. The van der Waals surface area contributed by atoms with E-state index in [0.717, 1.165) is 12.8 Å². The van der Waals surface area contributed by atoms with Crippen LogP contribution < -0.4 is 0 Å². The molecule has 2 nitrogen and oxygen atoms in total. The van der Waals surface area contributed by atoms with Gasteiger partial charge in [-0.05, 0) is 34.8 Å². The molecule has 0 bridgehead atoms. The molecule has 1 aromatic carbocycles. The number of carbonyl (C=O) groups excluding carboxylic acids is 1. The third-order valence-corrected chi connectivity index (χ3v) is 3.23. The van der Waals surface area contributed by atoms with E-state index in [2.05, 4.69) is 51.6 Å². The molecule has 16 heavy (non-hydrogen) atoms. The lowest BCUT2D eigenvalue weighted by Crippen LogP contribution is -2.01. The van der Waals surface area contributed by atoms with E-state index in [1.54, 1.807) is 0 Å². The summed E-state index contributed by atoms with van der Waals surface area (Å²) in [5.41, 5.74) is 2.57. The Kier molecular flexibility index (Phi) is 6.45. The van der Waals surface area contributed by atoms with Crippen molar-refractivity contribution in [3.63, 3.8) is 0 Å². The maximum Gasteiger partial charge on any atom is 0.305 e. The summed E-state index contributed by atoms with van der Waals surface area (Å²) in [5, 5.41) is 0. The van der Waals surface area contributed by atoms with Gasteiger partial charge in [0.2, 0.25) is 0 Å². The molecule has 0 unspecified atom stereocenters. The Bertz CT molecular complexity index is 319. The van der Waals surface area contributed by atoms with Crippen molar-refractivity contribution in [2.75, 3.05) is 11.5 Å². The zero-order valence-electron chi connectivity index (χ0n) is 9.54. The number of hydrogen-bond acceptors (Lipinski definition) is 2. The van der Waals surface area contributed by atoms with E-state index in [0.29, 0.717) is 6.42 Å². The van der Waals surface area contributed by atoms with E-state index >= 15 is 0 Å². The first-order chi connectivity index (χ1) is 7.76. The third-order valence-electron chi connectivity index (χ3n) is 2.47. The number of benzene rings is 1. The van der Waals surface area contributed by atoms with E-state index in [4.69, 9.17) is 0 Å². The normalized spacial score (nSPS) is 10.1. The molecule has 0 heterocycles. The van der Waals surface area contributed by atoms with Gasteiger partial charge in [0, 0.05) is 6.42 Å². The number of methoxy groups -OCH3 is 1. The van der Waals surface area contributed by atoms with Gasteiger partial charge in [0.15, 0.2) is 0 Å². The van der Waals surface area contributed by atoms with Crippen molar-refractivity contribution in [3.8, 4) is 0 Å². The summed E-state index contributed by atoms with van der Waals surface area (Å²) < 4.78 is 5.81. The van der Waals surface area contributed by atoms with Gasteiger partial charge < -0.3 is 4.74 Å². The molecule has 0 aliphatic carbocycles. The SMILES string of the molecule is COC(=O)CCc1ccc(CCCI)cc1. The van der Waals surface area contributed by atoms with Gasteiger partial charge in [0.05, 0.1) is 7.11 Å². The summed E-state index contributed by atoms with van der Waals surface area (Å²) >= 11 is 2.39. The minimum Gasteiger partial charge on any atom is -0.469 e. The first-order valence-corrected chi connectivity index (χ1v) is 6.99. The summed E-state index contributed by atoms with van der Waals surface area (Å²) in [4.78, 5) is 11.0. The quantitative estimate of drug-likeness (QED) is 0.454. The maximum absolute atomic E-state index is 11.0. The third kappa shape index (κ3) is 4.96. The van der Waals surface area contributed by atoms with Crippen LogP contribution in [0.2, 0.25) is 0 Å². The van der Waals surface area contributed by atoms with Crippen molar-refractivity contribution >= 4 is 28.6 Å². The Morgan fingerprint density at radius 1 is 1.19 bits per heavy atom. The molecular weight excluding hydrogens is 315 g/mol. The maximum atomic E-state index is 11.0. The monoisotopic (exact) mass is 332 g/mol. The van der Waals surface area contributed by atoms with Crippen LogP contribution >= 0.6 is 22.6 Å². The van der Waals surface area contributed by atoms with Crippen LogP contribution in [0, 0.1) is 0 Å². The molecule has 0 aliphatic rings. The van der Waals surface area contributed by atoms with Crippen LogP contribution in [0.1, 0.15) is 24.0 Å². The highest BCUT2D eigenvalue weighted by atomic mass is 127. The van der Waals surface area contributed by atoms with Crippen molar-refractivity contribution in [1.29, 1.82) is 0 Å². The van der Waals surface area contributed by atoms with E-state index in [1.165, 1.54) is 29.1 Å². The lowest BCUT2D eigenvalue weighted by atomic mass is 10.0. The van der Waals surface area contributed by atoms with Crippen LogP contribution in [0.4, 0.5) is 0 Å². The van der Waals surface area contributed by atoms with Gasteiger partial charge in [-0.2, -0.15) is 0 Å². The molecule has 0 saturated heterocycles. The summed E-state index contributed by atoms with van der Waals surface area (Å²) in [6, 6.07) is 8.51. The van der Waals surface area contributed by atoms with Crippen molar-refractivity contribution < 1.29 is 9.53 Å². The first kappa shape index (κ1) is 13.5. The average Bonchev–Trinajstić information content (AvgIpc) is 2.34. The zero-order chi connectivity index (χ0) is 11.8. The highest BCUT2D eigenvalue weighted by Gasteiger charge is 2.01. The largest absolute Gasteiger partial charge is 0.469 e. The molecule has 0 fully saturated rings. The van der Waals surface area contributed by atoms with Crippen LogP contribution in [0.3, 0.4) is 0 Å². The fraction of sp³-hybridized carbons (Fsp3) is 0.462.